The van der Waals surface area contributed by atoms with Crippen molar-refractivity contribution in [2.24, 2.45) is 0 Å². The maximum atomic E-state index is 5.43. The molecule has 0 aliphatic carbocycles. The van der Waals surface area contributed by atoms with Crippen molar-refractivity contribution in [3.63, 3.8) is 0 Å². The molecule has 28 heavy (non-hydrogen) atoms. The van der Waals surface area contributed by atoms with Crippen molar-refractivity contribution >= 4 is 38.4 Å². The van der Waals surface area contributed by atoms with Crippen LogP contribution in [0.2, 0.25) is 0 Å². The average Bonchev–Trinajstić information content (AvgIpc) is 2.72. The van der Waals surface area contributed by atoms with Crippen LogP contribution in [0.5, 0.6) is 11.5 Å². The number of fused-ring (bicyclic) bond motifs is 5. The molecule has 0 bridgehead atoms. The quantitative estimate of drug-likeness (QED) is 0.515. The molecule has 144 valence electrons. The first kappa shape index (κ1) is 18.3. The standard InChI is InChI=1S/C22H24N4O2/c1-26(2)10-9-23-22-19-12-16(28-4)6-8-18(19)20-21(25-22)17-7-5-15(27-3)11-14(17)13-24-20/h5-8,11-13H,9-10H2,1-4H3,(H,23,25). The highest BCUT2D eigenvalue weighted by Crippen LogP contribution is 2.34. The topological polar surface area (TPSA) is 59.5 Å². The van der Waals surface area contributed by atoms with E-state index in [1.54, 1.807) is 14.2 Å². The Kier molecular flexibility index (Phi) is 4.88. The van der Waals surface area contributed by atoms with E-state index in [9.17, 15) is 0 Å². The number of hydrogen-bond donors (Lipinski definition) is 1. The molecule has 2 heterocycles. The van der Waals surface area contributed by atoms with E-state index in [1.165, 1.54) is 0 Å². The molecular formula is C22H24N4O2. The lowest BCUT2D eigenvalue weighted by Crippen LogP contribution is -2.21. The van der Waals surface area contributed by atoms with E-state index < -0.39 is 0 Å². The molecule has 0 fully saturated rings. The Hall–Kier alpha value is -3.12. The monoisotopic (exact) mass is 376 g/mol. The number of nitrogens with zero attached hydrogens (tertiary/aromatic N) is 3. The lowest BCUT2D eigenvalue weighted by Gasteiger charge is -2.15. The molecular weight excluding hydrogens is 352 g/mol. The molecule has 6 heteroatoms. The van der Waals surface area contributed by atoms with E-state index in [4.69, 9.17) is 19.4 Å². The molecule has 4 aromatic rings. The predicted molar refractivity (Wildman–Crippen MR) is 115 cm³/mol. The van der Waals surface area contributed by atoms with Crippen LogP contribution in [-0.2, 0) is 0 Å². The van der Waals surface area contributed by atoms with Crippen LogP contribution in [0.1, 0.15) is 0 Å². The van der Waals surface area contributed by atoms with Crippen molar-refractivity contribution in [3.05, 3.63) is 42.6 Å². The van der Waals surface area contributed by atoms with Crippen LogP contribution in [-0.4, -0.2) is 56.3 Å². The molecule has 0 spiro atoms. The Bertz CT molecular complexity index is 1160. The number of hydrogen-bond acceptors (Lipinski definition) is 6. The van der Waals surface area contributed by atoms with Gasteiger partial charge < -0.3 is 19.7 Å². The van der Waals surface area contributed by atoms with Crippen LogP contribution >= 0.6 is 0 Å². The predicted octanol–water partition coefficient (Wildman–Crippen LogP) is 3.93. The first-order valence-electron chi connectivity index (χ1n) is 9.23. The Morgan fingerprint density at radius 1 is 0.893 bits per heavy atom. The summed E-state index contributed by atoms with van der Waals surface area (Å²) in [4.78, 5) is 11.8. The number of rotatable bonds is 6. The van der Waals surface area contributed by atoms with Crippen LogP contribution in [0.4, 0.5) is 5.82 Å². The zero-order chi connectivity index (χ0) is 19.7. The number of likely N-dealkylation sites (N-methyl/N-ethyl adjacent to an activating group) is 1. The number of nitrogens with one attached hydrogen (secondary N) is 1. The van der Waals surface area contributed by atoms with Gasteiger partial charge >= 0.3 is 0 Å². The van der Waals surface area contributed by atoms with E-state index in [0.29, 0.717) is 0 Å². The molecule has 2 aromatic carbocycles. The molecule has 0 saturated heterocycles. The molecule has 0 aliphatic heterocycles. The summed E-state index contributed by atoms with van der Waals surface area (Å²) in [6.07, 6.45) is 1.88. The van der Waals surface area contributed by atoms with Crippen molar-refractivity contribution < 1.29 is 9.47 Å². The first-order chi connectivity index (χ1) is 13.6. The zero-order valence-corrected chi connectivity index (χ0v) is 16.6. The van der Waals surface area contributed by atoms with Crippen molar-refractivity contribution in [2.75, 3.05) is 46.7 Å². The second-order valence-electron chi connectivity index (χ2n) is 7.01. The van der Waals surface area contributed by atoms with Gasteiger partial charge in [-0.1, -0.05) is 0 Å². The van der Waals surface area contributed by atoms with Crippen LogP contribution in [0.15, 0.2) is 42.6 Å². The van der Waals surface area contributed by atoms with Gasteiger partial charge in [0.05, 0.1) is 25.3 Å². The molecule has 6 nitrogen and oxygen atoms in total. The summed E-state index contributed by atoms with van der Waals surface area (Å²) in [6, 6.07) is 12.0. The maximum absolute atomic E-state index is 5.43. The summed E-state index contributed by atoms with van der Waals surface area (Å²) in [5.41, 5.74) is 1.76. The minimum absolute atomic E-state index is 0.795. The zero-order valence-electron chi connectivity index (χ0n) is 16.6. The number of aromatic nitrogens is 2. The van der Waals surface area contributed by atoms with Gasteiger partial charge in [0, 0.05) is 40.8 Å². The Morgan fingerprint density at radius 2 is 1.61 bits per heavy atom. The fraction of sp³-hybridized carbons (Fsp3) is 0.273. The molecule has 4 rings (SSSR count). The van der Waals surface area contributed by atoms with Gasteiger partial charge in [0.1, 0.15) is 17.3 Å². The summed E-state index contributed by atoms with van der Waals surface area (Å²) < 4.78 is 10.8. The Morgan fingerprint density at radius 3 is 2.32 bits per heavy atom. The van der Waals surface area contributed by atoms with Crippen molar-refractivity contribution in [2.45, 2.75) is 0 Å². The molecule has 0 saturated carbocycles. The average molecular weight is 376 g/mol. The van der Waals surface area contributed by atoms with Crippen molar-refractivity contribution in [1.82, 2.24) is 14.9 Å². The van der Waals surface area contributed by atoms with Crippen LogP contribution < -0.4 is 14.8 Å². The minimum atomic E-state index is 0.795. The van der Waals surface area contributed by atoms with Gasteiger partial charge in [-0.05, 0) is 50.5 Å². The van der Waals surface area contributed by atoms with E-state index >= 15 is 0 Å². The number of anilines is 1. The lowest BCUT2D eigenvalue weighted by molar-refractivity contribution is 0.415. The van der Waals surface area contributed by atoms with Crippen LogP contribution in [0, 0.1) is 0 Å². The molecule has 0 radical (unpaired) electrons. The fourth-order valence-corrected chi connectivity index (χ4v) is 3.38. The second kappa shape index (κ2) is 7.48. The van der Waals surface area contributed by atoms with Gasteiger partial charge in [-0.15, -0.1) is 0 Å². The summed E-state index contributed by atoms with van der Waals surface area (Å²) in [7, 11) is 7.46. The third kappa shape index (κ3) is 3.27. The maximum Gasteiger partial charge on any atom is 0.134 e. The molecule has 2 aromatic heterocycles. The summed E-state index contributed by atoms with van der Waals surface area (Å²) in [5.74, 6) is 2.45. The van der Waals surface area contributed by atoms with E-state index in [2.05, 4.69) is 30.4 Å². The smallest absolute Gasteiger partial charge is 0.134 e. The van der Waals surface area contributed by atoms with Crippen LogP contribution in [0.3, 0.4) is 0 Å². The molecule has 0 atom stereocenters. The van der Waals surface area contributed by atoms with Gasteiger partial charge in [-0.25, -0.2) is 4.98 Å². The fourth-order valence-electron chi connectivity index (χ4n) is 3.38. The summed E-state index contributed by atoms with van der Waals surface area (Å²) >= 11 is 0. The van der Waals surface area contributed by atoms with Gasteiger partial charge in [-0.3, -0.25) is 4.98 Å². The summed E-state index contributed by atoms with van der Waals surface area (Å²) in [5, 5.41) is 7.61. The van der Waals surface area contributed by atoms with Crippen molar-refractivity contribution in [1.29, 1.82) is 0 Å². The normalized spacial score (nSPS) is 11.5. The van der Waals surface area contributed by atoms with Gasteiger partial charge in [0.25, 0.3) is 0 Å². The van der Waals surface area contributed by atoms with E-state index in [0.717, 1.165) is 63.0 Å². The van der Waals surface area contributed by atoms with Crippen molar-refractivity contribution in [3.8, 4) is 11.5 Å². The highest BCUT2D eigenvalue weighted by molar-refractivity contribution is 6.15. The van der Waals surface area contributed by atoms with Crippen LogP contribution in [0.25, 0.3) is 32.6 Å². The SMILES string of the molecule is COc1ccc2c(cnc3c4ccc(OC)cc4c(NCCN(C)C)nc23)c1. The highest BCUT2D eigenvalue weighted by Gasteiger charge is 2.13. The van der Waals surface area contributed by atoms with E-state index in [1.807, 2.05) is 36.5 Å². The largest absolute Gasteiger partial charge is 0.497 e. The van der Waals surface area contributed by atoms with E-state index in [-0.39, 0.29) is 0 Å². The second-order valence-corrected chi connectivity index (χ2v) is 7.01. The Balaban J connectivity index is 1.97. The molecule has 1 N–H and O–H groups in total. The first-order valence-corrected chi connectivity index (χ1v) is 9.23. The number of methoxy groups -OCH3 is 2. The molecule has 0 amide bonds. The molecule has 0 aliphatic rings. The number of ether oxygens (including phenoxy) is 2. The van der Waals surface area contributed by atoms with Gasteiger partial charge in [-0.2, -0.15) is 0 Å². The minimum Gasteiger partial charge on any atom is -0.497 e. The lowest BCUT2D eigenvalue weighted by atomic mass is 10.1. The third-order valence-electron chi connectivity index (χ3n) is 4.88. The van der Waals surface area contributed by atoms with Gasteiger partial charge in [0.2, 0.25) is 0 Å². The third-order valence-corrected chi connectivity index (χ3v) is 4.88. The highest BCUT2D eigenvalue weighted by atomic mass is 16.5. The molecule has 0 unspecified atom stereocenters. The summed E-state index contributed by atoms with van der Waals surface area (Å²) in [6.45, 7) is 1.71. The van der Waals surface area contributed by atoms with Gasteiger partial charge in [0.15, 0.2) is 0 Å². The Labute approximate surface area is 164 Å². The number of pyridine rings is 2. The number of benzene rings is 2.